The van der Waals surface area contributed by atoms with E-state index in [1.165, 1.54) is 13.2 Å². The standard InChI is InChI=1S/C15H22BrNO3/c1-4-15(5-2,9-16)10-17-14(19)12-8-11(20-3)6-7-13(12)18/h6-8,18H,4-5,9-10H2,1-3H3,(H,17,19). The van der Waals surface area contributed by atoms with Crippen LogP contribution in [0, 0.1) is 5.41 Å². The zero-order chi connectivity index (χ0) is 15.2. The number of phenolic OH excluding ortho intramolecular Hbond substituents is 1. The predicted molar refractivity (Wildman–Crippen MR) is 83.8 cm³/mol. The first kappa shape index (κ1) is 16.8. The molecule has 0 aromatic heterocycles. The molecule has 0 radical (unpaired) electrons. The Morgan fingerprint density at radius 2 is 2.05 bits per heavy atom. The van der Waals surface area contributed by atoms with Crippen LogP contribution in [0.5, 0.6) is 11.5 Å². The van der Waals surface area contributed by atoms with Crippen molar-refractivity contribution in [1.82, 2.24) is 5.32 Å². The maximum absolute atomic E-state index is 12.2. The Balaban J connectivity index is 2.81. The van der Waals surface area contributed by atoms with Crippen LogP contribution in [0.4, 0.5) is 0 Å². The Bertz CT molecular complexity index is 450. The summed E-state index contributed by atoms with van der Waals surface area (Å²) >= 11 is 3.52. The fourth-order valence-electron chi connectivity index (χ4n) is 1.92. The molecule has 0 spiro atoms. The number of aromatic hydroxyl groups is 1. The highest BCUT2D eigenvalue weighted by molar-refractivity contribution is 9.09. The maximum atomic E-state index is 12.2. The number of phenols is 1. The van der Waals surface area contributed by atoms with Gasteiger partial charge in [0.2, 0.25) is 0 Å². The molecule has 1 aromatic carbocycles. The average molecular weight is 344 g/mol. The summed E-state index contributed by atoms with van der Waals surface area (Å²) in [6.07, 6.45) is 1.94. The van der Waals surface area contributed by atoms with Crippen molar-refractivity contribution in [3.63, 3.8) is 0 Å². The summed E-state index contributed by atoms with van der Waals surface area (Å²) < 4.78 is 5.07. The van der Waals surface area contributed by atoms with Crippen LogP contribution in [0.1, 0.15) is 37.0 Å². The lowest BCUT2D eigenvalue weighted by Crippen LogP contribution is -2.38. The number of hydrogen-bond donors (Lipinski definition) is 2. The second-order valence-electron chi connectivity index (χ2n) is 4.91. The zero-order valence-electron chi connectivity index (χ0n) is 12.2. The van der Waals surface area contributed by atoms with Crippen LogP contribution in [0.25, 0.3) is 0 Å². The molecule has 0 aliphatic heterocycles. The second-order valence-corrected chi connectivity index (χ2v) is 5.47. The molecule has 0 atom stereocenters. The quantitative estimate of drug-likeness (QED) is 0.746. The minimum Gasteiger partial charge on any atom is -0.507 e. The van der Waals surface area contributed by atoms with E-state index in [1.807, 2.05) is 0 Å². The van der Waals surface area contributed by atoms with Crippen LogP contribution in [0.3, 0.4) is 0 Å². The third kappa shape index (κ3) is 3.88. The third-order valence-electron chi connectivity index (χ3n) is 3.86. The van der Waals surface area contributed by atoms with Crippen LogP contribution < -0.4 is 10.1 Å². The van der Waals surface area contributed by atoms with Gasteiger partial charge in [0, 0.05) is 11.9 Å². The molecular weight excluding hydrogens is 322 g/mol. The molecule has 0 saturated heterocycles. The lowest BCUT2D eigenvalue weighted by molar-refractivity contribution is 0.0929. The van der Waals surface area contributed by atoms with Gasteiger partial charge >= 0.3 is 0 Å². The summed E-state index contributed by atoms with van der Waals surface area (Å²) in [7, 11) is 1.53. The molecular formula is C15H22BrNO3. The number of halogens is 1. The van der Waals surface area contributed by atoms with Crippen LogP contribution in [-0.2, 0) is 0 Å². The van der Waals surface area contributed by atoms with Gasteiger partial charge in [0.15, 0.2) is 0 Å². The predicted octanol–water partition coefficient (Wildman–Crippen LogP) is 3.33. The highest BCUT2D eigenvalue weighted by Gasteiger charge is 2.26. The second kappa shape index (κ2) is 7.53. The number of methoxy groups -OCH3 is 1. The summed E-state index contributed by atoms with van der Waals surface area (Å²) in [6.45, 7) is 4.79. The van der Waals surface area contributed by atoms with Crippen LogP contribution in [0.15, 0.2) is 18.2 Å². The number of alkyl halides is 1. The molecule has 112 valence electrons. The van der Waals surface area contributed by atoms with Gasteiger partial charge in [-0.3, -0.25) is 4.79 Å². The lowest BCUT2D eigenvalue weighted by Gasteiger charge is -2.29. The lowest BCUT2D eigenvalue weighted by atomic mass is 9.84. The summed E-state index contributed by atoms with van der Waals surface area (Å²) in [5.74, 6) is 0.222. The van der Waals surface area contributed by atoms with E-state index in [2.05, 4.69) is 35.1 Å². The van der Waals surface area contributed by atoms with Crippen molar-refractivity contribution in [3.05, 3.63) is 23.8 Å². The zero-order valence-corrected chi connectivity index (χ0v) is 13.8. The van der Waals surface area contributed by atoms with Gasteiger partial charge in [-0.15, -0.1) is 0 Å². The summed E-state index contributed by atoms with van der Waals surface area (Å²) in [5.41, 5.74) is 0.282. The van der Waals surface area contributed by atoms with Crippen molar-refractivity contribution in [2.75, 3.05) is 19.0 Å². The summed E-state index contributed by atoms with van der Waals surface area (Å²) in [4.78, 5) is 12.2. The average Bonchev–Trinajstić information content (AvgIpc) is 2.49. The Hall–Kier alpha value is -1.23. The van der Waals surface area contributed by atoms with Gasteiger partial charge in [-0.25, -0.2) is 0 Å². The van der Waals surface area contributed by atoms with Gasteiger partial charge in [-0.2, -0.15) is 0 Å². The minimum atomic E-state index is -0.284. The molecule has 2 N–H and O–H groups in total. The Morgan fingerprint density at radius 1 is 1.40 bits per heavy atom. The normalized spacial score (nSPS) is 11.2. The van der Waals surface area contributed by atoms with Gasteiger partial charge in [-0.05, 0) is 36.5 Å². The van der Waals surface area contributed by atoms with E-state index in [-0.39, 0.29) is 22.6 Å². The van der Waals surface area contributed by atoms with Gasteiger partial charge < -0.3 is 15.2 Å². The van der Waals surface area contributed by atoms with E-state index >= 15 is 0 Å². The van der Waals surface area contributed by atoms with E-state index in [4.69, 9.17) is 4.74 Å². The largest absolute Gasteiger partial charge is 0.507 e. The molecule has 0 fully saturated rings. The van der Waals surface area contributed by atoms with E-state index in [9.17, 15) is 9.90 Å². The van der Waals surface area contributed by atoms with Crippen LogP contribution in [0.2, 0.25) is 0 Å². The SMILES string of the molecule is CCC(CC)(CBr)CNC(=O)c1cc(OC)ccc1O. The topological polar surface area (TPSA) is 58.6 Å². The van der Waals surface area contributed by atoms with Crippen molar-refractivity contribution in [1.29, 1.82) is 0 Å². The molecule has 20 heavy (non-hydrogen) atoms. The summed E-state index contributed by atoms with van der Waals surface area (Å²) in [6, 6.07) is 4.62. The van der Waals surface area contributed by atoms with E-state index in [0.29, 0.717) is 12.3 Å². The fraction of sp³-hybridized carbons (Fsp3) is 0.533. The number of rotatable bonds is 7. The van der Waals surface area contributed by atoms with Gasteiger partial charge in [-0.1, -0.05) is 29.8 Å². The Kier molecular flexibility index (Phi) is 6.33. The molecule has 1 aromatic rings. The molecule has 1 rings (SSSR count). The van der Waals surface area contributed by atoms with E-state index in [0.717, 1.165) is 18.2 Å². The number of benzene rings is 1. The first-order valence-electron chi connectivity index (χ1n) is 6.73. The third-order valence-corrected chi connectivity index (χ3v) is 5.05. The monoisotopic (exact) mass is 343 g/mol. The van der Waals surface area contributed by atoms with Crippen molar-refractivity contribution in [2.24, 2.45) is 5.41 Å². The molecule has 0 bridgehead atoms. The molecule has 0 saturated carbocycles. The minimum absolute atomic E-state index is 0.0410. The molecule has 0 unspecified atom stereocenters. The van der Waals surface area contributed by atoms with Gasteiger partial charge in [0.1, 0.15) is 11.5 Å². The maximum Gasteiger partial charge on any atom is 0.255 e. The van der Waals surface area contributed by atoms with Crippen molar-refractivity contribution < 1.29 is 14.6 Å². The smallest absolute Gasteiger partial charge is 0.255 e. The number of hydrogen-bond acceptors (Lipinski definition) is 3. The van der Waals surface area contributed by atoms with Gasteiger partial charge in [0.25, 0.3) is 5.91 Å². The van der Waals surface area contributed by atoms with Crippen LogP contribution in [-0.4, -0.2) is 30.0 Å². The first-order chi connectivity index (χ1) is 9.51. The molecule has 5 heteroatoms. The van der Waals surface area contributed by atoms with Crippen LogP contribution >= 0.6 is 15.9 Å². The highest BCUT2D eigenvalue weighted by Crippen LogP contribution is 2.28. The number of amides is 1. The van der Waals surface area contributed by atoms with Crippen molar-refractivity contribution >= 4 is 21.8 Å². The van der Waals surface area contributed by atoms with Gasteiger partial charge in [0.05, 0.1) is 12.7 Å². The summed E-state index contributed by atoms with van der Waals surface area (Å²) in [5, 5.41) is 13.5. The van der Waals surface area contributed by atoms with Crippen molar-refractivity contribution in [3.8, 4) is 11.5 Å². The number of nitrogens with one attached hydrogen (secondary N) is 1. The molecule has 0 heterocycles. The fourth-order valence-corrected chi connectivity index (χ4v) is 2.91. The van der Waals surface area contributed by atoms with E-state index < -0.39 is 0 Å². The molecule has 0 aliphatic rings. The number of carbonyl (C=O) groups is 1. The highest BCUT2D eigenvalue weighted by atomic mass is 79.9. The van der Waals surface area contributed by atoms with E-state index in [1.54, 1.807) is 12.1 Å². The van der Waals surface area contributed by atoms with Crippen molar-refractivity contribution in [2.45, 2.75) is 26.7 Å². The number of ether oxygens (including phenoxy) is 1. The molecule has 4 nitrogen and oxygen atoms in total. The Labute approximate surface area is 128 Å². The molecule has 0 aliphatic carbocycles. The molecule has 1 amide bonds. The Morgan fingerprint density at radius 3 is 2.55 bits per heavy atom. The first-order valence-corrected chi connectivity index (χ1v) is 7.85. The number of carbonyl (C=O) groups excluding carboxylic acids is 1.